The summed E-state index contributed by atoms with van der Waals surface area (Å²) in [5, 5.41) is 0. The zero-order valence-corrected chi connectivity index (χ0v) is 17.0. The summed E-state index contributed by atoms with van der Waals surface area (Å²) >= 11 is 21.6. The van der Waals surface area contributed by atoms with Crippen LogP contribution in [0.25, 0.3) is 0 Å². The Hall–Kier alpha value is -0.490. The molecule has 0 N–H and O–H groups in total. The van der Waals surface area contributed by atoms with Gasteiger partial charge in [-0.3, -0.25) is 9.59 Å². The number of amides is 2. The number of aryl methyl sites for hydroxylation is 1. The van der Waals surface area contributed by atoms with Gasteiger partial charge in [0, 0.05) is 30.2 Å². The van der Waals surface area contributed by atoms with Crippen LogP contribution in [-0.4, -0.2) is 45.6 Å². The van der Waals surface area contributed by atoms with Crippen molar-refractivity contribution in [2.45, 2.75) is 35.0 Å². The Morgan fingerprint density at radius 3 is 2.54 bits per heavy atom. The minimum absolute atomic E-state index is 0.128. The maximum Gasteiger partial charge on any atom is 0.249 e. The van der Waals surface area contributed by atoms with Gasteiger partial charge in [-0.1, -0.05) is 45.2 Å². The average Bonchev–Trinajstić information content (AvgIpc) is 2.85. The number of nitrogens with zero attached hydrogens (tertiary/aromatic N) is 2. The molecule has 2 fully saturated rings. The highest BCUT2D eigenvalue weighted by atomic mass is 79.9. The van der Waals surface area contributed by atoms with Gasteiger partial charge in [0.25, 0.3) is 0 Å². The van der Waals surface area contributed by atoms with Gasteiger partial charge >= 0.3 is 0 Å². The van der Waals surface area contributed by atoms with E-state index in [0.29, 0.717) is 13.0 Å². The molecular formula is C16H16BrCl3N2O2. The largest absolute Gasteiger partial charge is 0.332 e. The SMILES string of the molecule is Cc1ccc(N2CCC(N(C)C(=O)C3(Cl)CC3(Cl)Cl)C2=O)cc1Br. The number of carbonyl (C=O) groups excluding carboxylic acids is 2. The van der Waals surface area contributed by atoms with Crippen LogP contribution in [0, 0.1) is 6.92 Å². The molecule has 1 aliphatic heterocycles. The quantitative estimate of drug-likeness (QED) is 0.651. The lowest BCUT2D eigenvalue weighted by atomic mass is 10.2. The number of likely N-dealkylation sites (N-methyl/N-ethyl adjacent to an activating group) is 1. The van der Waals surface area contributed by atoms with Gasteiger partial charge < -0.3 is 9.80 Å². The molecule has 4 nitrogen and oxygen atoms in total. The molecule has 0 bridgehead atoms. The molecule has 3 rings (SSSR count). The third-order valence-corrected chi connectivity index (χ3v) is 7.27. The van der Waals surface area contributed by atoms with Crippen LogP contribution in [0.4, 0.5) is 5.69 Å². The zero-order valence-electron chi connectivity index (χ0n) is 13.2. The molecule has 1 aromatic carbocycles. The van der Waals surface area contributed by atoms with Crippen molar-refractivity contribution in [2.24, 2.45) is 0 Å². The number of rotatable bonds is 3. The highest BCUT2D eigenvalue weighted by Gasteiger charge is 2.72. The molecule has 1 saturated heterocycles. The Labute approximate surface area is 164 Å². The summed E-state index contributed by atoms with van der Waals surface area (Å²) in [7, 11) is 1.58. The van der Waals surface area contributed by atoms with Gasteiger partial charge in [-0.05, 0) is 31.0 Å². The molecule has 2 unspecified atom stereocenters. The third kappa shape index (κ3) is 2.83. The van der Waals surface area contributed by atoms with Crippen LogP contribution < -0.4 is 4.90 Å². The fourth-order valence-corrected chi connectivity index (χ4v) is 4.34. The molecule has 8 heteroatoms. The van der Waals surface area contributed by atoms with E-state index in [-0.39, 0.29) is 12.3 Å². The predicted molar refractivity (Wildman–Crippen MR) is 100 cm³/mol. The van der Waals surface area contributed by atoms with Crippen LogP contribution in [0.2, 0.25) is 0 Å². The van der Waals surface area contributed by atoms with Crippen LogP contribution in [0.3, 0.4) is 0 Å². The highest BCUT2D eigenvalue weighted by Crippen LogP contribution is 2.62. The summed E-state index contributed by atoms with van der Waals surface area (Å²) < 4.78 is -0.323. The first-order valence-corrected chi connectivity index (χ1v) is 9.43. The Bertz CT molecular complexity index is 727. The summed E-state index contributed by atoms with van der Waals surface area (Å²) in [6.07, 6.45) is 0.723. The van der Waals surface area contributed by atoms with E-state index in [2.05, 4.69) is 15.9 Å². The molecule has 0 aromatic heterocycles. The Morgan fingerprint density at radius 1 is 1.38 bits per heavy atom. The molecule has 2 amide bonds. The summed E-state index contributed by atoms with van der Waals surface area (Å²) in [5.74, 6) is -0.531. The molecule has 1 aromatic rings. The van der Waals surface area contributed by atoms with E-state index in [9.17, 15) is 9.59 Å². The second-order valence-electron chi connectivity index (χ2n) is 6.33. The molecule has 130 valence electrons. The highest BCUT2D eigenvalue weighted by molar-refractivity contribution is 9.10. The van der Waals surface area contributed by atoms with E-state index in [1.807, 2.05) is 25.1 Å². The summed E-state index contributed by atoms with van der Waals surface area (Å²) in [5.41, 5.74) is 1.89. The van der Waals surface area contributed by atoms with E-state index in [0.717, 1.165) is 15.7 Å². The van der Waals surface area contributed by atoms with Crippen LogP contribution in [-0.2, 0) is 9.59 Å². The van der Waals surface area contributed by atoms with E-state index < -0.39 is 21.2 Å². The molecular weight excluding hydrogens is 438 g/mol. The van der Waals surface area contributed by atoms with Crippen molar-refractivity contribution in [1.29, 1.82) is 0 Å². The number of carbonyl (C=O) groups is 2. The minimum atomic E-state index is -1.33. The monoisotopic (exact) mass is 452 g/mol. The molecule has 1 aliphatic carbocycles. The molecule has 24 heavy (non-hydrogen) atoms. The first-order valence-electron chi connectivity index (χ1n) is 7.50. The molecule has 0 spiro atoms. The first-order chi connectivity index (χ1) is 11.1. The van der Waals surface area contributed by atoms with Gasteiger partial charge in [0.15, 0.2) is 4.87 Å². The van der Waals surface area contributed by atoms with Crippen LogP contribution in [0.15, 0.2) is 22.7 Å². The molecule has 0 radical (unpaired) electrons. The zero-order chi connectivity index (χ0) is 17.9. The van der Waals surface area contributed by atoms with Crippen molar-refractivity contribution in [3.63, 3.8) is 0 Å². The lowest BCUT2D eigenvalue weighted by molar-refractivity contribution is -0.137. The van der Waals surface area contributed by atoms with Crippen molar-refractivity contribution in [2.75, 3.05) is 18.5 Å². The maximum atomic E-state index is 12.8. The number of alkyl halides is 3. The molecule has 2 aliphatic rings. The third-order valence-electron chi connectivity index (χ3n) is 4.69. The average molecular weight is 455 g/mol. The predicted octanol–water partition coefficient (Wildman–Crippen LogP) is 3.88. The lowest BCUT2D eigenvalue weighted by Gasteiger charge is -2.26. The standard InChI is InChI=1S/C16H16BrCl3N2O2/c1-9-3-4-10(7-11(9)17)22-6-5-12(13(22)23)21(2)14(24)15(18)8-16(15,19)20/h3-4,7,12H,5-6,8H2,1-2H3. The summed E-state index contributed by atoms with van der Waals surface area (Å²) in [6, 6.07) is 5.19. The van der Waals surface area contributed by atoms with E-state index in [1.54, 1.807) is 11.9 Å². The number of hydrogen-bond donors (Lipinski definition) is 0. The second-order valence-corrected chi connectivity index (χ2v) is 9.31. The fraction of sp³-hybridized carbons (Fsp3) is 0.500. The first kappa shape index (κ1) is 18.3. The molecule has 2 atom stereocenters. The summed E-state index contributed by atoms with van der Waals surface area (Å²) in [4.78, 5) is 27.1. The Morgan fingerprint density at radius 2 is 2.00 bits per heavy atom. The number of hydrogen-bond acceptors (Lipinski definition) is 2. The second kappa shape index (κ2) is 6.04. The van der Waals surface area contributed by atoms with Crippen molar-refractivity contribution >= 4 is 68.2 Å². The van der Waals surface area contributed by atoms with Crippen LogP contribution in [0.1, 0.15) is 18.4 Å². The number of anilines is 1. The van der Waals surface area contributed by atoms with E-state index in [4.69, 9.17) is 34.8 Å². The van der Waals surface area contributed by atoms with Gasteiger partial charge in [0.05, 0.1) is 0 Å². The van der Waals surface area contributed by atoms with Gasteiger partial charge in [-0.2, -0.15) is 0 Å². The van der Waals surface area contributed by atoms with Gasteiger partial charge in [-0.25, -0.2) is 0 Å². The molecule has 1 saturated carbocycles. The Balaban J connectivity index is 1.76. The van der Waals surface area contributed by atoms with Crippen LogP contribution in [0.5, 0.6) is 0 Å². The van der Waals surface area contributed by atoms with E-state index in [1.165, 1.54) is 4.90 Å². The fourth-order valence-electron chi connectivity index (χ4n) is 2.95. The van der Waals surface area contributed by atoms with Crippen molar-refractivity contribution in [3.05, 3.63) is 28.2 Å². The number of benzene rings is 1. The topological polar surface area (TPSA) is 40.6 Å². The lowest BCUT2D eigenvalue weighted by Crippen LogP contribution is -2.47. The van der Waals surface area contributed by atoms with Crippen molar-refractivity contribution in [3.8, 4) is 0 Å². The summed E-state index contributed by atoms with van der Waals surface area (Å²) in [6.45, 7) is 2.52. The van der Waals surface area contributed by atoms with Crippen LogP contribution >= 0.6 is 50.7 Å². The van der Waals surface area contributed by atoms with Crippen molar-refractivity contribution < 1.29 is 9.59 Å². The normalized spacial score (nSPS) is 28.2. The Kier molecular flexibility index (Phi) is 4.61. The van der Waals surface area contributed by atoms with Crippen molar-refractivity contribution in [1.82, 2.24) is 4.90 Å². The minimum Gasteiger partial charge on any atom is -0.332 e. The van der Waals surface area contributed by atoms with E-state index >= 15 is 0 Å². The maximum absolute atomic E-state index is 12.8. The van der Waals surface area contributed by atoms with Gasteiger partial charge in [0.1, 0.15) is 10.4 Å². The van der Waals surface area contributed by atoms with Gasteiger partial charge in [-0.15, -0.1) is 11.6 Å². The molecule has 1 heterocycles. The number of halogens is 4. The van der Waals surface area contributed by atoms with Gasteiger partial charge in [0.2, 0.25) is 11.8 Å². The smallest absolute Gasteiger partial charge is 0.249 e.